The number of benzene rings is 1. The highest BCUT2D eigenvalue weighted by Crippen LogP contribution is 2.23. The highest BCUT2D eigenvalue weighted by Gasteiger charge is 2.31. The molecule has 1 aromatic carbocycles. The van der Waals surface area contributed by atoms with Crippen LogP contribution in [0.5, 0.6) is 0 Å². The number of sulfonamides is 1. The number of hydrogen-bond donors (Lipinski definition) is 1. The molecule has 0 radical (unpaired) electrons. The zero-order valence-corrected chi connectivity index (χ0v) is 16.3. The summed E-state index contributed by atoms with van der Waals surface area (Å²) in [4.78, 5) is 17.5. The molecule has 2 N–H and O–H groups in total. The van der Waals surface area contributed by atoms with Crippen LogP contribution in [-0.2, 0) is 16.6 Å². The maximum Gasteiger partial charge on any atom is 0.284 e. The van der Waals surface area contributed by atoms with Crippen molar-refractivity contribution < 1.29 is 22.0 Å². The molecule has 1 saturated heterocycles. The zero-order valence-electron chi connectivity index (χ0n) is 15.5. The summed E-state index contributed by atoms with van der Waals surface area (Å²) in [5.74, 6) is 0.291. The first-order valence-electron chi connectivity index (χ1n) is 9.06. The van der Waals surface area contributed by atoms with Gasteiger partial charge in [0.2, 0.25) is 11.0 Å². The minimum absolute atomic E-state index is 0.180. The van der Waals surface area contributed by atoms with Crippen molar-refractivity contribution in [2.75, 3.05) is 26.2 Å². The second-order valence-corrected chi connectivity index (χ2v) is 8.52. The molecule has 0 bridgehead atoms. The molecule has 1 aliphatic rings. The van der Waals surface area contributed by atoms with Crippen molar-refractivity contribution in [1.82, 2.24) is 14.2 Å². The van der Waals surface area contributed by atoms with Crippen LogP contribution >= 0.6 is 0 Å². The predicted molar refractivity (Wildman–Crippen MR) is 103 cm³/mol. The summed E-state index contributed by atoms with van der Waals surface area (Å²) in [5, 5.41) is -0.278. The molecule has 1 aliphatic heterocycles. The number of furan rings is 1. The van der Waals surface area contributed by atoms with Crippen LogP contribution in [0.15, 0.2) is 62.6 Å². The average Bonchev–Trinajstić information content (AvgIpc) is 3.39. The lowest BCUT2D eigenvalue weighted by molar-refractivity contribution is 0.0968. The van der Waals surface area contributed by atoms with Gasteiger partial charge in [-0.2, -0.15) is 4.31 Å². The summed E-state index contributed by atoms with van der Waals surface area (Å²) in [6.45, 7) is 2.12. The van der Waals surface area contributed by atoms with Gasteiger partial charge in [-0.05, 0) is 12.1 Å². The zero-order chi connectivity index (χ0) is 20.4. The van der Waals surface area contributed by atoms with Gasteiger partial charge in [-0.1, -0.05) is 30.3 Å². The molecular weight excluding hydrogens is 396 g/mol. The first kappa shape index (κ1) is 19.4. The molecule has 9 nitrogen and oxygen atoms in total. The minimum Gasteiger partial charge on any atom is -0.439 e. The molecular formula is C19H20N4O5S. The van der Waals surface area contributed by atoms with Gasteiger partial charge < -0.3 is 14.6 Å². The Morgan fingerprint density at radius 2 is 1.76 bits per heavy atom. The number of carbonyl (C=O) groups excluding carboxylic acids is 1. The van der Waals surface area contributed by atoms with Gasteiger partial charge in [0, 0.05) is 31.7 Å². The van der Waals surface area contributed by atoms with E-state index in [-0.39, 0.29) is 10.9 Å². The lowest BCUT2D eigenvalue weighted by Gasteiger charge is -2.32. The molecule has 3 heterocycles. The lowest BCUT2D eigenvalue weighted by atomic mass is 10.2. The van der Waals surface area contributed by atoms with Crippen LogP contribution < -0.4 is 5.73 Å². The van der Waals surface area contributed by atoms with Crippen molar-refractivity contribution in [3.8, 4) is 11.3 Å². The third-order valence-corrected chi connectivity index (χ3v) is 6.49. The van der Waals surface area contributed by atoms with E-state index in [2.05, 4.69) is 9.88 Å². The number of piperazine rings is 1. The number of amides is 1. The van der Waals surface area contributed by atoms with Crippen LogP contribution in [0.3, 0.4) is 0 Å². The van der Waals surface area contributed by atoms with Gasteiger partial charge in [0.1, 0.15) is 0 Å². The number of nitrogens with zero attached hydrogens (tertiary/aromatic N) is 3. The average molecular weight is 416 g/mol. The summed E-state index contributed by atoms with van der Waals surface area (Å²) < 4.78 is 37.6. The molecule has 0 aliphatic carbocycles. The van der Waals surface area contributed by atoms with Gasteiger partial charge in [0.15, 0.2) is 11.5 Å². The van der Waals surface area contributed by atoms with Crippen molar-refractivity contribution in [3.63, 3.8) is 0 Å². The Morgan fingerprint density at radius 3 is 2.41 bits per heavy atom. The summed E-state index contributed by atoms with van der Waals surface area (Å²) in [6, 6.07) is 12.2. The molecule has 3 aromatic rings. The number of aromatic nitrogens is 1. The third-order valence-electron chi connectivity index (χ3n) is 4.72. The SMILES string of the molecule is NC(=O)c1ccc(S(=O)(=O)N2CCN(Cc3ncc(-c4ccccc4)o3)CC2)o1. The Kier molecular flexibility index (Phi) is 5.22. The Balaban J connectivity index is 1.37. The maximum absolute atomic E-state index is 12.7. The number of nitrogens with two attached hydrogens (primary N) is 1. The molecule has 10 heteroatoms. The molecule has 2 aromatic heterocycles. The largest absolute Gasteiger partial charge is 0.439 e. The third kappa shape index (κ3) is 4.09. The van der Waals surface area contributed by atoms with Crippen LogP contribution in [0.4, 0.5) is 0 Å². The topological polar surface area (TPSA) is 123 Å². The van der Waals surface area contributed by atoms with Crippen molar-refractivity contribution in [3.05, 3.63) is 60.3 Å². The number of primary amides is 1. The maximum atomic E-state index is 12.7. The molecule has 1 fully saturated rings. The summed E-state index contributed by atoms with van der Waals surface area (Å²) >= 11 is 0. The number of hydrogen-bond acceptors (Lipinski definition) is 7. The fourth-order valence-electron chi connectivity index (χ4n) is 3.16. The second kappa shape index (κ2) is 7.82. The van der Waals surface area contributed by atoms with Gasteiger partial charge in [0.05, 0.1) is 12.7 Å². The Labute approximate surface area is 167 Å². The van der Waals surface area contributed by atoms with Crippen molar-refractivity contribution in [2.24, 2.45) is 5.73 Å². The molecule has 0 unspecified atom stereocenters. The van der Waals surface area contributed by atoms with Gasteiger partial charge in [-0.25, -0.2) is 13.4 Å². The lowest BCUT2D eigenvalue weighted by Crippen LogP contribution is -2.48. The molecule has 0 spiro atoms. The monoisotopic (exact) mass is 416 g/mol. The van der Waals surface area contributed by atoms with E-state index in [0.717, 1.165) is 5.56 Å². The first-order chi connectivity index (χ1) is 13.9. The van der Waals surface area contributed by atoms with Gasteiger partial charge in [-0.15, -0.1) is 0 Å². The van der Waals surface area contributed by atoms with Crippen LogP contribution in [0.25, 0.3) is 11.3 Å². The van der Waals surface area contributed by atoms with E-state index >= 15 is 0 Å². The standard InChI is InChI=1S/C19H20N4O5S/c20-19(24)15-6-7-18(28-15)29(25,26)23-10-8-22(9-11-23)13-17-21-12-16(27-17)14-4-2-1-3-5-14/h1-7,12H,8-11,13H2,(H2,20,24). The van der Waals surface area contributed by atoms with Crippen molar-refractivity contribution in [2.45, 2.75) is 11.6 Å². The molecule has 0 saturated carbocycles. The number of rotatable bonds is 6. The van der Waals surface area contributed by atoms with E-state index in [1.165, 1.54) is 16.4 Å². The van der Waals surface area contributed by atoms with Crippen molar-refractivity contribution >= 4 is 15.9 Å². The van der Waals surface area contributed by atoms with E-state index in [9.17, 15) is 13.2 Å². The van der Waals surface area contributed by atoms with Crippen LogP contribution in [0, 0.1) is 0 Å². The smallest absolute Gasteiger partial charge is 0.284 e. The number of carbonyl (C=O) groups is 1. The first-order valence-corrected chi connectivity index (χ1v) is 10.5. The predicted octanol–water partition coefficient (Wildman–Crippen LogP) is 1.54. The Morgan fingerprint density at radius 1 is 1.03 bits per heavy atom. The summed E-state index contributed by atoms with van der Waals surface area (Å²) in [7, 11) is -3.81. The number of oxazole rings is 1. The van der Waals surface area contributed by atoms with E-state index in [0.29, 0.717) is 44.4 Å². The highest BCUT2D eigenvalue weighted by atomic mass is 32.2. The normalized spacial score (nSPS) is 16.1. The second-order valence-electron chi connectivity index (χ2n) is 6.65. The molecule has 152 valence electrons. The fourth-order valence-corrected chi connectivity index (χ4v) is 4.49. The fraction of sp³-hybridized carbons (Fsp3) is 0.263. The molecule has 1 amide bonds. The van der Waals surface area contributed by atoms with Crippen molar-refractivity contribution in [1.29, 1.82) is 0 Å². The quantitative estimate of drug-likeness (QED) is 0.646. The molecule has 0 atom stereocenters. The summed E-state index contributed by atoms with van der Waals surface area (Å²) in [6.07, 6.45) is 1.69. The van der Waals surface area contributed by atoms with Crippen LogP contribution in [-0.4, -0.2) is 54.7 Å². The van der Waals surface area contributed by atoms with Crippen LogP contribution in [0.1, 0.15) is 16.4 Å². The van der Waals surface area contributed by atoms with E-state index in [1.54, 1.807) is 6.20 Å². The van der Waals surface area contributed by atoms with E-state index in [4.69, 9.17) is 14.6 Å². The minimum atomic E-state index is -3.81. The van der Waals surface area contributed by atoms with Crippen LogP contribution in [0.2, 0.25) is 0 Å². The van der Waals surface area contributed by atoms with E-state index in [1.807, 2.05) is 30.3 Å². The Bertz CT molecular complexity index is 1100. The summed E-state index contributed by atoms with van der Waals surface area (Å²) in [5.41, 5.74) is 6.07. The highest BCUT2D eigenvalue weighted by molar-refractivity contribution is 7.89. The van der Waals surface area contributed by atoms with Gasteiger partial charge in [-0.3, -0.25) is 9.69 Å². The van der Waals surface area contributed by atoms with E-state index < -0.39 is 15.9 Å². The van der Waals surface area contributed by atoms with Gasteiger partial charge in [0.25, 0.3) is 15.9 Å². The molecule has 4 rings (SSSR count). The van der Waals surface area contributed by atoms with Gasteiger partial charge >= 0.3 is 0 Å². The molecule has 29 heavy (non-hydrogen) atoms. The Hall–Kier alpha value is -2.95.